The Hall–Kier alpha value is -0.810. The maximum Gasteiger partial charge on any atom is 0.408 e. The van der Waals surface area contributed by atoms with Crippen LogP contribution in [-0.2, 0) is 9.47 Å². The summed E-state index contributed by atoms with van der Waals surface area (Å²) in [6.45, 7) is 7.06. The van der Waals surface area contributed by atoms with E-state index in [1.807, 2.05) is 20.8 Å². The Kier molecular flexibility index (Phi) is 4.15. The van der Waals surface area contributed by atoms with Crippen molar-refractivity contribution < 1.29 is 14.3 Å². The smallest absolute Gasteiger partial charge is 0.408 e. The Morgan fingerprint density at radius 1 is 1.56 bits per heavy atom. The van der Waals surface area contributed by atoms with Gasteiger partial charge in [0.25, 0.3) is 0 Å². The van der Waals surface area contributed by atoms with Gasteiger partial charge in [-0.05, 0) is 33.6 Å². The van der Waals surface area contributed by atoms with E-state index in [-0.39, 0.29) is 0 Å². The van der Waals surface area contributed by atoms with Gasteiger partial charge in [0.1, 0.15) is 5.60 Å². The zero-order valence-electron chi connectivity index (χ0n) is 10.3. The minimum absolute atomic E-state index is 0.367. The molecule has 5 heteroatoms. The predicted molar refractivity (Wildman–Crippen MR) is 61.2 cm³/mol. The van der Waals surface area contributed by atoms with Crippen molar-refractivity contribution in [3.63, 3.8) is 0 Å². The number of nitrogens with two attached hydrogens (primary N) is 1. The summed E-state index contributed by atoms with van der Waals surface area (Å²) in [5.41, 5.74) is 4.75. The molecule has 1 aliphatic heterocycles. The molecule has 1 atom stereocenters. The second-order valence-corrected chi connectivity index (χ2v) is 5.27. The fourth-order valence-corrected chi connectivity index (χ4v) is 1.68. The minimum Gasteiger partial charge on any atom is -0.444 e. The van der Waals surface area contributed by atoms with Gasteiger partial charge in [0.05, 0.1) is 12.1 Å². The molecule has 1 rings (SSSR count). The third-order valence-corrected chi connectivity index (χ3v) is 2.48. The molecule has 5 nitrogen and oxygen atoms in total. The average molecular weight is 230 g/mol. The molecule has 0 spiro atoms. The van der Waals surface area contributed by atoms with Gasteiger partial charge >= 0.3 is 6.09 Å². The van der Waals surface area contributed by atoms with Crippen LogP contribution in [0.5, 0.6) is 0 Å². The van der Waals surface area contributed by atoms with Crippen LogP contribution in [-0.4, -0.2) is 37.0 Å². The molecular formula is C11H22N2O3. The Balaban J connectivity index is 2.52. The zero-order valence-corrected chi connectivity index (χ0v) is 10.3. The summed E-state index contributed by atoms with van der Waals surface area (Å²) in [5.74, 6) is 0. The lowest BCUT2D eigenvalue weighted by molar-refractivity contribution is 0.00680. The molecule has 0 aliphatic carbocycles. The fourth-order valence-electron chi connectivity index (χ4n) is 1.68. The normalized spacial score (nSPS) is 26.2. The van der Waals surface area contributed by atoms with Crippen molar-refractivity contribution in [2.75, 3.05) is 19.8 Å². The Labute approximate surface area is 96.7 Å². The Morgan fingerprint density at radius 3 is 2.69 bits per heavy atom. The summed E-state index contributed by atoms with van der Waals surface area (Å²) in [6, 6.07) is 0. The van der Waals surface area contributed by atoms with Gasteiger partial charge in [0, 0.05) is 13.2 Å². The molecule has 1 amide bonds. The summed E-state index contributed by atoms with van der Waals surface area (Å²) in [7, 11) is 0. The molecule has 0 aromatic rings. The van der Waals surface area contributed by atoms with Crippen molar-refractivity contribution >= 4 is 6.09 Å². The minimum atomic E-state index is -0.491. The average Bonchev–Trinajstić information content (AvgIpc) is 2.16. The van der Waals surface area contributed by atoms with Crippen molar-refractivity contribution in [3.05, 3.63) is 0 Å². The van der Waals surface area contributed by atoms with Crippen LogP contribution in [0.3, 0.4) is 0 Å². The van der Waals surface area contributed by atoms with Gasteiger partial charge in [0.2, 0.25) is 0 Å². The second kappa shape index (κ2) is 5.01. The molecule has 1 saturated heterocycles. The highest BCUT2D eigenvalue weighted by Crippen LogP contribution is 2.19. The van der Waals surface area contributed by atoms with Crippen LogP contribution < -0.4 is 11.1 Å². The van der Waals surface area contributed by atoms with Crippen LogP contribution in [0.15, 0.2) is 0 Å². The fraction of sp³-hybridized carbons (Fsp3) is 0.909. The van der Waals surface area contributed by atoms with Gasteiger partial charge in [-0.15, -0.1) is 0 Å². The number of rotatable bonds is 2. The van der Waals surface area contributed by atoms with E-state index >= 15 is 0 Å². The lowest BCUT2D eigenvalue weighted by Gasteiger charge is -2.37. The Morgan fingerprint density at radius 2 is 2.25 bits per heavy atom. The van der Waals surface area contributed by atoms with Crippen molar-refractivity contribution in [1.29, 1.82) is 0 Å². The molecule has 3 N–H and O–H groups in total. The van der Waals surface area contributed by atoms with Crippen molar-refractivity contribution in [1.82, 2.24) is 5.32 Å². The SMILES string of the molecule is CC(C)(C)OC(=O)NC1(CN)CCCOC1. The van der Waals surface area contributed by atoms with Crippen LogP contribution in [0, 0.1) is 0 Å². The highest BCUT2D eigenvalue weighted by atomic mass is 16.6. The molecule has 1 aliphatic rings. The third-order valence-electron chi connectivity index (χ3n) is 2.48. The Bertz CT molecular complexity index is 242. The molecule has 1 heterocycles. The maximum absolute atomic E-state index is 11.6. The number of hydrogen-bond donors (Lipinski definition) is 2. The van der Waals surface area contributed by atoms with Crippen molar-refractivity contribution in [3.8, 4) is 0 Å². The van der Waals surface area contributed by atoms with Crippen LogP contribution >= 0.6 is 0 Å². The van der Waals surface area contributed by atoms with Gasteiger partial charge in [-0.25, -0.2) is 4.79 Å². The first-order chi connectivity index (χ1) is 7.37. The predicted octanol–water partition coefficient (Wildman–Crippen LogP) is 1.02. The molecule has 1 fully saturated rings. The number of carbonyl (C=O) groups is 1. The molecule has 0 radical (unpaired) electrons. The van der Waals surface area contributed by atoms with E-state index in [0.717, 1.165) is 19.4 Å². The lowest BCUT2D eigenvalue weighted by atomic mass is 9.93. The molecule has 0 aromatic heterocycles. The molecule has 0 bridgehead atoms. The van der Waals surface area contributed by atoms with Gasteiger partial charge in [-0.1, -0.05) is 0 Å². The first kappa shape index (κ1) is 13.3. The van der Waals surface area contributed by atoms with Gasteiger partial charge in [-0.3, -0.25) is 0 Å². The van der Waals surface area contributed by atoms with Crippen molar-refractivity contribution in [2.45, 2.75) is 44.8 Å². The van der Waals surface area contributed by atoms with E-state index in [1.54, 1.807) is 0 Å². The van der Waals surface area contributed by atoms with E-state index in [2.05, 4.69) is 5.32 Å². The molecule has 16 heavy (non-hydrogen) atoms. The summed E-state index contributed by atoms with van der Waals surface area (Å²) < 4.78 is 10.6. The first-order valence-electron chi connectivity index (χ1n) is 5.66. The summed E-state index contributed by atoms with van der Waals surface area (Å²) in [6.07, 6.45) is 1.32. The highest BCUT2D eigenvalue weighted by molar-refractivity contribution is 5.68. The zero-order chi connectivity index (χ0) is 12.2. The first-order valence-corrected chi connectivity index (χ1v) is 5.66. The summed E-state index contributed by atoms with van der Waals surface area (Å²) >= 11 is 0. The molecule has 0 aromatic carbocycles. The lowest BCUT2D eigenvalue weighted by Crippen LogP contribution is -2.59. The number of ether oxygens (including phenoxy) is 2. The molecule has 94 valence electrons. The summed E-state index contributed by atoms with van der Waals surface area (Å²) in [5, 5.41) is 2.83. The largest absolute Gasteiger partial charge is 0.444 e. The quantitative estimate of drug-likeness (QED) is 0.742. The third kappa shape index (κ3) is 3.98. The number of carbonyl (C=O) groups excluding carboxylic acids is 1. The molecule has 0 saturated carbocycles. The van der Waals surface area contributed by atoms with E-state index in [1.165, 1.54) is 0 Å². The number of hydrogen-bond acceptors (Lipinski definition) is 4. The van der Waals surface area contributed by atoms with Crippen LogP contribution in [0.4, 0.5) is 4.79 Å². The number of amides is 1. The molecule has 1 unspecified atom stereocenters. The standard InChI is InChI=1S/C11H22N2O3/c1-10(2,3)16-9(14)13-11(7-12)5-4-6-15-8-11/h4-8,12H2,1-3H3,(H,13,14). The topological polar surface area (TPSA) is 73.6 Å². The maximum atomic E-state index is 11.6. The van der Waals surface area contributed by atoms with Gasteiger partial charge in [0.15, 0.2) is 0 Å². The van der Waals surface area contributed by atoms with E-state index in [0.29, 0.717) is 13.2 Å². The van der Waals surface area contributed by atoms with Gasteiger partial charge < -0.3 is 20.5 Å². The summed E-state index contributed by atoms with van der Waals surface area (Å²) in [4.78, 5) is 11.6. The monoisotopic (exact) mass is 230 g/mol. The number of alkyl carbamates (subject to hydrolysis) is 1. The molecular weight excluding hydrogens is 208 g/mol. The van der Waals surface area contributed by atoms with Crippen LogP contribution in [0.1, 0.15) is 33.6 Å². The second-order valence-electron chi connectivity index (χ2n) is 5.27. The number of nitrogens with one attached hydrogen (secondary N) is 1. The highest BCUT2D eigenvalue weighted by Gasteiger charge is 2.34. The van der Waals surface area contributed by atoms with Gasteiger partial charge in [-0.2, -0.15) is 0 Å². The van der Waals surface area contributed by atoms with E-state index in [9.17, 15) is 4.79 Å². The van der Waals surface area contributed by atoms with Crippen molar-refractivity contribution in [2.24, 2.45) is 5.73 Å². The van der Waals surface area contributed by atoms with Crippen LogP contribution in [0.2, 0.25) is 0 Å². The van der Waals surface area contributed by atoms with Crippen LogP contribution in [0.25, 0.3) is 0 Å². The van der Waals surface area contributed by atoms with E-state index < -0.39 is 17.2 Å². The van der Waals surface area contributed by atoms with E-state index in [4.69, 9.17) is 15.2 Å².